The lowest BCUT2D eigenvalue weighted by Gasteiger charge is -2.41. The molecule has 208 valence electrons. The molecule has 2 aliphatic heterocycles. The molecule has 2 aliphatic rings. The summed E-state index contributed by atoms with van der Waals surface area (Å²) in [6.45, 7) is 6.55. The number of methoxy groups -OCH3 is 2. The van der Waals surface area contributed by atoms with E-state index in [-0.39, 0.29) is 30.1 Å². The Labute approximate surface area is 241 Å². The minimum atomic E-state index is -0.271. The van der Waals surface area contributed by atoms with Crippen molar-refractivity contribution in [1.29, 1.82) is 0 Å². The third-order valence-corrected chi connectivity index (χ3v) is 8.01. The topological polar surface area (TPSA) is 79.0 Å². The summed E-state index contributed by atoms with van der Waals surface area (Å²) in [6.07, 6.45) is 4.11. The van der Waals surface area contributed by atoms with Crippen LogP contribution in [0, 0.1) is 0 Å². The quantitative estimate of drug-likeness (QED) is 0.370. The van der Waals surface area contributed by atoms with Crippen LogP contribution in [0.1, 0.15) is 49.7 Å². The highest BCUT2D eigenvalue weighted by Gasteiger charge is 2.41. The summed E-state index contributed by atoms with van der Waals surface area (Å²) in [5, 5.41) is 6.99. The maximum absolute atomic E-state index is 12.4. The molecule has 0 spiro atoms. The number of aromatic nitrogens is 1. The van der Waals surface area contributed by atoms with Crippen LogP contribution >= 0.6 is 12.2 Å². The Morgan fingerprint density at radius 1 is 1.15 bits per heavy atom. The van der Waals surface area contributed by atoms with Crippen molar-refractivity contribution in [3.8, 4) is 5.75 Å². The summed E-state index contributed by atoms with van der Waals surface area (Å²) < 4.78 is 10.5. The molecule has 1 aromatic heterocycles. The Balaban J connectivity index is 1.63. The van der Waals surface area contributed by atoms with Crippen molar-refractivity contribution in [3.05, 3.63) is 83.7 Å². The maximum atomic E-state index is 12.4. The van der Waals surface area contributed by atoms with Crippen LogP contribution in [0.5, 0.6) is 5.75 Å². The highest BCUT2D eigenvalue weighted by atomic mass is 32.1. The van der Waals surface area contributed by atoms with Crippen molar-refractivity contribution in [2.45, 2.75) is 38.4 Å². The molecule has 0 saturated carbocycles. The standard InChI is InChI=1S/C31H35N5O3S/c1-19-17-31(2,3)35(4)25-12-10-20(15-22(19)25)29-28(23-9-7-8-14-32-23)34-30(40)36(29)21-11-13-26(39-6)24(16-21)33-27(37)18-38-5/h7-17,28-29H,18H2,1-6H3,(H,33,37)(H,34,40)/t28-,29+/m0/s1. The SMILES string of the molecule is COCC(=O)Nc1cc(N2C(=S)N[C@@H](c3ccccn3)[C@H]2c2ccc3c(c2)C(C)=CC(C)(C)N3C)ccc1OC. The van der Waals surface area contributed by atoms with Gasteiger partial charge in [0.1, 0.15) is 12.4 Å². The normalized spacial score (nSPS) is 19.6. The number of hydrogen-bond acceptors (Lipinski definition) is 6. The van der Waals surface area contributed by atoms with Gasteiger partial charge in [0, 0.05) is 37.3 Å². The Kier molecular flexibility index (Phi) is 7.53. The van der Waals surface area contributed by atoms with Gasteiger partial charge in [0.15, 0.2) is 5.11 Å². The first-order chi connectivity index (χ1) is 19.1. The number of amides is 1. The molecule has 1 saturated heterocycles. The molecule has 0 aliphatic carbocycles. The largest absolute Gasteiger partial charge is 0.495 e. The van der Waals surface area contributed by atoms with E-state index in [0.717, 1.165) is 16.9 Å². The van der Waals surface area contributed by atoms with Gasteiger partial charge in [0.05, 0.1) is 36.1 Å². The van der Waals surface area contributed by atoms with Gasteiger partial charge in [-0.2, -0.15) is 0 Å². The van der Waals surface area contributed by atoms with E-state index in [9.17, 15) is 4.79 Å². The molecule has 3 aromatic rings. The van der Waals surface area contributed by atoms with E-state index < -0.39 is 0 Å². The minimum Gasteiger partial charge on any atom is -0.495 e. The number of nitrogens with zero attached hydrogens (tertiary/aromatic N) is 3. The van der Waals surface area contributed by atoms with Gasteiger partial charge < -0.3 is 29.9 Å². The predicted octanol–water partition coefficient (Wildman–Crippen LogP) is 5.48. The number of rotatable bonds is 7. The fraction of sp³-hybridized carbons (Fsp3) is 0.323. The number of carbonyl (C=O) groups excluding carboxylic acids is 1. The second kappa shape index (κ2) is 10.9. The third kappa shape index (κ3) is 5.02. The Bertz CT molecular complexity index is 1470. The van der Waals surface area contributed by atoms with Crippen LogP contribution in [0.25, 0.3) is 5.57 Å². The van der Waals surface area contributed by atoms with Gasteiger partial charge >= 0.3 is 0 Å². The molecule has 0 unspecified atom stereocenters. The van der Waals surface area contributed by atoms with Crippen LogP contribution in [0.2, 0.25) is 0 Å². The number of allylic oxidation sites excluding steroid dienone is 1. The zero-order valence-electron chi connectivity index (χ0n) is 23.7. The molecule has 2 aromatic carbocycles. The zero-order chi connectivity index (χ0) is 28.6. The number of carbonyl (C=O) groups is 1. The molecule has 1 amide bonds. The second-order valence-electron chi connectivity index (χ2n) is 10.7. The predicted molar refractivity (Wildman–Crippen MR) is 164 cm³/mol. The van der Waals surface area contributed by atoms with Crippen LogP contribution in [-0.4, -0.2) is 49.4 Å². The van der Waals surface area contributed by atoms with Crippen molar-refractivity contribution in [3.63, 3.8) is 0 Å². The number of fused-ring (bicyclic) bond motifs is 1. The smallest absolute Gasteiger partial charge is 0.250 e. The van der Waals surface area contributed by atoms with Crippen LogP contribution in [0.3, 0.4) is 0 Å². The van der Waals surface area contributed by atoms with Gasteiger partial charge in [0.2, 0.25) is 5.91 Å². The number of likely N-dealkylation sites (N-methyl/N-ethyl adjacent to an activating group) is 1. The number of ether oxygens (including phenoxy) is 2. The average Bonchev–Trinajstić information content (AvgIpc) is 3.29. The molecule has 5 rings (SSSR count). The first kappa shape index (κ1) is 27.6. The minimum absolute atomic E-state index is 0.0608. The van der Waals surface area contributed by atoms with E-state index in [2.05, 4.69) is 77.5 Å². The number of pyridine rings is 1. The molecule has 2 atom stereocenters. The number of nitrogens with one attached hydrogen (secondary N) is 2. The fourth-order valence-electron chi connectivity index (χ4n) is 5.59. The van der Waals surface area contributed by atoms with E-state index in [4.69, 9.17) is 21.7 Å². The van der Waals surface area contributed by atoms with Crippen molar-refractivity contribution in [2.24, 2.45) is 0 Å². The lowest BCUT2D eigenvalue weighted by atomic mass is 9.86. The maximum Gasteiger partial charge on any atom is 0.250 e. The highest BCUT2D eigenvalue weighted by molar-refractivity contribution is 7.80. The van der Waals surface area contributed by atoms with Gasteiger partial charge in [-0.25, -0.2) is 0 Å². The summed E-state index contributed by atoms with van der Waals surface area (Å²) in [5.41, 5.74) is 6.89. The van der Waals surface area contributed by atoms with Crippen molar-refractivity contribution in [2.75, 3.05) is 43.0 Å². The molecule has 3 heterocycles. The van der Waals surface area contributed by atoms with E-state index >= 15 is 0 Å². The van der Waals surface area contributed by atoms with Crippen LogP contribution in [0.4, 0.5) is 17.1 Å². The number of hydrogen-bond donors (Lipinski definition) is 2. The zero-order valence-corrected chi connectivity index (χ0v) is 24.5. The van der Waals surface area contributed by atoms with Gasteiger partial charge in [0.25, 0.3) is 0 Å². The molecule has 1 fully saturated rings. The summed E-state index contributed by atoms with van der Waals surface area (Å²) in [7, 11) is 5.19. The Morgan fingerprint density at radius 3 is 2.65 bits per heavy atom. The molecule has 0 bridgehead atoms. The van der Waals surface area contributed by atoms with Crippen molar-refractivity contribution in [1.82, 2.24) is 10.3 Å². The van der Waals surface area contributed by atoms with Gasteiger partial charge in [-0.1, -0.05) is 18.2 Å². The molecule has 9 heteroatoms. The molecular weight excluding hydrogens is 522 g/mol. The average molecular weight is 558 g/mol. The van der Waals surface area contributed by atoms with Crippen molar-refractivity contribution < 1.29 is 14.3 Å². The van der Waals surface area contributed by atoms with Crippen LogP contribution in [0.15, 0.2) is 66.9 Å². The fourth-order valence-corrected chi connectivity index (χ4v) is 5.94. The molecule has 8 nitrogen and oxygen atoms in total. The summed E-state index contributed by atoms with van der Waals surface area (Å²) >= 11 is 5.93. The van der Waals surface area contributed by atoms with Crippen LogP contribution in [-0.2, 0) is 9.53 Å². The molecule has 0 radical (unpaired) electrons. The van der Waals surface area contributed by atoms with Gasteiger partial charge in [-0.05, 0) is 86.6 Å². The summed E-state index contributed by atoms with van der Waals surface area (Å²) in [5.74, 6) is 0.274. The first-order valence-corrected chi connectivity index (χ1v) is 13.6. The van der Waals surface area contributed by atoms with E-state index in [1.807, 2.05) is 36.4 Å². The second-order valence-corrected chi connectivity index (χ2v) is 11.1. The first-order valence-electron chi connectivity index (χ1n) is 13.2. The molecular formula is C31H35N5O3S. The van der Waals surface area contributed by atoms with Gasteiger partial charge in [-0.3, -0.25) is 9.78 Å². The monoisotopic (exact) mass is 557 g/mol. The van der Waals surface area contributed by atoms with E-state index in [0.29, 0.717) is 16.5 Å². The number of anilines is 3. The van der Waals surface area contributed by atoms with E-state index in [1.165, 1.54) is 23.9 Å². The molecule has 40 heavy (non-hydrogen) atoms. The Morgan fingerprint density at radius 2 is 1.95 bits per heavy atom. The number of benzene rings is 2. The Hall–Kier alpha value is -3.95. The van der Waals surface area contributed by atoms with Crippen LogP contribution < -0.4 is 25.2 Å². The van der Waals surface area contributed by atoms with Gasteiger partial charge in [-0.15, -0.1) is 0 Å². The lowest BCUT2D eigenvalue weighted by Crippen LogP contribution is -2.42. The highest BCUT2D eigenvalue weighted by Crippen LogP contribution is 2.46. The molecule has 2 N–H and O–H groups in total. The lowest BCUT2D eigenvalue weighted by molar-refractivity contribution is -0.119. The summed E-state index contributed by atoms with van der Waals surface area (Å²) in [4.78, 5) is 21.5. The third-order valence-electron chi connectivity index (χ3n) is 7.69. The number of thiocarbonyl (C=S) groups is 1. The van der Waals surface area contributed by atoms with E-state index in [1.54, 1.807) is 13.3 Å². The van der Waals surface area contributed by atoms with Crippen molar-refractivity contribution >= 4 is 45.9 Å². The summed E-state index contributed by atoms with van der Waals surface area (Å²) in [6, 6.07) is 17.8.